The van der Waals surface area contributed by atoms with Gasteiger partial charge in [-0.25, -0.2) is 9.78 Å². The molecule has 0 N–H and O–H groups in total. The van der Waals surface area contributed by atoms with Gasteiger partial charge >= 0.3 is 5.97 Å². The summed E-state index contributed by atoms with van der Waals surface area (Å²) in [5.74, 6) is -0.797. The highest BCUT2D eigenvalue weighted by molar-refractivity contribution is 7.14. The molecule has 1 aromatic carbocycles. The zero-order valence-corrected chi connectivity index (χ0v) is 15.4. The fourth-order valence-corrected chi connectivity index (χ4v) is 3.99. The summed E-state index contributed by atoms with van der Waals surface area (Å²) in [6, 6.07) is 8.39. The average Bonchev–Trinajstić information content (AvgIpc) is 3.31. The van der Waals surface area contributed by atoms with Crippen LogP contribution in [0.1, 0.15) is 21.8 Å². The molecule has 0 unspecified atom stereocenters. The number of benzene rings is 1. The summed E-state index contributed by atoms with van der Waals surface area (Å²) >= 11 is 3.09. The predicted octanol–water partition coefficient (Wildman–Crippen LogP) is 4.64. The Labute approximate surface area is 156 Å². The zero-order chi connectivity index (χ0) is 18.1. The van der Waals surface area contributed by atoms with Gasteiger partial charge in [0.25, 0.3) is 0 Å². The van der Waals surface area contributed by atoms with Crippen molar-refractivity contribution in [3.8, 4) is 10.6 Å². The maximum absolute atomic E-state index is 12.2. The molecular formula is C19H13NO4S2. The largest absolute Gasteiger partial charge is 0.453 e. The second kappa shape index (κ2) is 6.86. The molecule has 0 amide bonds. The van der Waals surface area contributed by atoms with Crippen molar-refractivity contribution in [2.75, 3.05) is 0 Å². The van der Waals surface area contributed by atoms with Crippen molar-refractivity contribution >= 4 is 39.6 Å². The van der Waals surface area contributed by atoms with Gasteiger partial charge in [-0.3, -0.25) is 4.79 Å². The van der Waals surface area contributed by atoms with E-state index in [1.54, 1.807) is 23.5 Å². The van der Waals surface area contributed by atoms with E-state index >= 15 is 0 Å². The molecule has 0 fully saturated rings. The summed E-state index contributed by atoms with van der Waals surface area (Å²) < 4.78 is 10.8. The van der Waals surface area contributed by atoms with E-state index in [-0.39, 0.29) is 17.8 Å². The number of thiophene rings is 1. The van der Waals surface area contributed by atoms with Crippen molar-refractivity contribution in [3.05, 3.63) is 73.7 Å². The molecule has 0 bridgehead atoms. The van der Waals surface area contributed by atoms with Crippen LogP contribution in [-0.2, 0) is 11.3 Å². The highest BCUT2D eigenvalue weighted by Crippen LogP contribution is 2.26. The molecule has 4 aromatic rings. The molecule has 5 nitrogen and oxygen atoms in total. The Morgan fingerprint density at radius 3 is 2.92 bits per heavy atom. The minimum atomic E-state index is -0.686. The monoisotopic (exact) mass is 383 g/mol. The van der Waals surface area contributed by atoms with Crippen LogP contribution in [0.5, 0.6) is 0 Å². The van der Waals surface area contributed by atoms with E-state index in [2.05, 4.69) is 4.98 Å². The SMILES string of the molecule is Cc1ccc2oc(C(=O)OCc3csc(-c4ccsc4)n3)cc(=O)c2c1. The summed E-state index contributed by atoms with van der Waals surface area (Å²) in [4.78, 5) is 28.9. The Morgan fingerprint density at radius 2 is 2.12 bits per heavy atom. The number of hydrogen-bond acceptors (Lipinski definition) is 7. The lowest BCUT2D eigenvalue weighted by Gasteiger charge is -2.04. The molecule has 0 saturated carbocycles. The van der Waals surface area contributed by atoms with E-state index in [1.807, 2.05) is 35.2 Å². The van der Waals surface area contributed by atoms with Crippen LogP contribution in [0.4, 0.5) is 0 Å². The number of aromatic nitrogens is 1. The molecule has 0 saturated heterocycles. The summed E-state index contributed by atoms with van der Waals surface area (Å²) in [5.41, 5.74) is 2.75. The van der Waals surface area contributed by atoms with Crippen LogP contribution in [0, 0.1) is 6.92 Å². The standard InChI is InChI=1S/C19H13NO4S2/c1-11-2-3-16-14(6-11)15(21)7-17(24-16)19(22)23-8-13-10-26-18(20-13)12-4-5-25-9-12/h2-7,9-10H,8H2,1H3. The lowest BCUT2D eigenvalue weighted by Crippen LogP contribution is -2.10. The van der Waals surface area contributed by atoms with Crippen molar-refractivity contribution in [1.82, 2.24) is 4.98 Å². The summed E-state index contributed by atoms with van der Waals surface area (Å²) in [6.07, 6.45) is 0. The van der Waals surface area contributed by atoms with Crippen LogP contribution in [-0.4, -0.2) is 11.0 Å². The molecule has 0 spiro atoms. The number of fused-ring (bicyclic) bond motifs is 1. The van der Waals surface area contributed by atoms with E-state index < -0.39 is 5.97 Å². The Balaban J connectivity index is 1.51. The third kappa shape index (κ3) is 3.31. The minimum Gasteiger partial charge on any atom is -0.453 e. The number of nitrogens with zero attached hydrogens (tertiary/aromatic N) is 1. The molecule has 26 heavy (non-hydrogen) atoms. The third-order valence-corrected chi connectivity index (χ3v) is 5.38. The van der Waals surface area contributed by atoms with Crippen LogP contribution in [0.15, 0.2) is 55.7 Å². The van der Waals surface area contributed by atoms with Gasteiger partial charge in [-0.15, -0.1) is 11.3 Å². The van der Waals surface area contributed by atoms with Gasteiger partial charge in [0.2, 0.25) is 5.76 Å². The number of ether oxygens (including phenoxy) is 1. The lowest BCUT2D eigenvalue weighted by molar-refractivity contribution is 0.0432. The van der Waals surface area contributed by atoms with Crippen molar-refractivity contribution < 1.29 is 13.9 Å². The van der Waals surface area contributed by atoms with Crippen molar-refractivity contribution in [1.29, 1.82) is 0 Å². The number of aryl methyl sites for hydroxylation is 1. The van der Waals surface area contributed by atoms with Crippen LogP contribution in [0.2, 0.25) is 0 Å². The number of thiazole rings is 1. The molecule has 3 aromatic heterocycles. The predicted molar refractivity (Wildman–Crippen MR) is 102 cm³/mol. The van der Waals surface area contributed by atoms with Gasteiger partial charge in [0.1, 0.15) is 17.2 Å². The van der Waals surface area contributed by atoms with Crippen molar-refractivity contribution in [2.24, 2.45) is 0 Å². The van der Waals surface area contributed by atoms with Gasteiger partial charge < -0.3 is 9.15 Å². The minimum absolute atomic E-state index is 0.0229. The fourth-order valence-electron chi connectivity index (χ4n) is 2.47. The first-order valence-electron chi connectivity index (χ1n) is 7.79. The average molecular weight is 383 g/mol. The van der Waals surface area contributed by atoms with Gasteiger partial charge in [0.15, 0.2) is 5.43 Å². The van der Waals surface area contributed by atoms with Gasteiger partial charge in [-0.05, 0) is 30.5 Å². The van der Waals surface area contributed by atoms with E-state index in [0.29, 0.717) is 16.7 Å². The van der Waals surface area contributed by atoms with Gasteiger partial charge in [-0.2, -0.15) is 11.3 Å². The first-order chi connectivity index (χ1) is 12.6. The lowest BCUT2D eigenvalue weighted by atomic mass is 10.1. The quantitative estimate of drug-likeness (QED) is 0.480. The molecule has 3 heterocycles. The molecule has 0 radical (unpaired) electrons. The number of esters is 1. The normalized spacial score (nSPS) is 11.0. The molecule has 0 aliphatic heterocycles. The van der Waals surface area contributed by atoms with Crippen LogP contribution < -0.4 is 5.43 Å². The third-order valence-electron chi connectivity index (χ3n) is 3.75. The van der Waals surface area contributed by atoms with E-state index in [9.17, 15) is 9.59 Å². The molecule has 7 heteroatoms. The number of rotatable bonds is 4. The van der Waals surface area contributed by atoms with Crippen LogP contribution in [0.3, 0.4) is 0 Å². The van der Waals surface area contributed by atoms with Gasteiger partial charge in [0, 0.05) is 22.4 Å². The Hall–Kier alpha value is -2.77. The van der Waals surface area contributed by atoms with E-state index in [0.717, 1.165) is 16.1 Å². The highest BCUT2D eigenvalue weighted by Gasteiger charge is 2.15. The molecule has 130 valence electrons. The Kier molecular flexibility index (Phi) is 4.40. The van der Waals surface area contributed by atoms with Crippen LogP contribution in [0.25, 0.3) is 21.5 Å². The van der Waals surface area contributed by atoms with E-state index in [1.165, 1.54) is 17.4 Å². The van der Waals surface area contributed by atoms with Crippen LogP contribution >= 0.6 is 22.7 Å². The van der Waals surface area contributed by atoms with Gasteiger partial charge in [-0.1, -0.05) is 11.6 Å². The smallest absolute Gasteiger partial charge is 0.374 e. The number of carbonyl (C=O) groups is 1. The maximum Gasteiger partial charge on any atom is 0.374 e. The zero-order valence-electron chi connectivity index (χ0n) is 13.7. The first kappa shape index (κ1) is 16.7. The maximum atomic E-state index is 12.2. The molecule has 0 atom stereocenters. The Bertz CT molecular complexity index is 1140. The van der Waals surface area contributed by atoms with Gasteiger partial charge in [0.05, 0.1) is 11.1 Å². The topological polar surface area (TPSA) is 69.4 Å². The molecular weight excluding hydrogens is 370 g/mol. The number of carbonyl (C=O) groups excluding carboxylic acids is 1. The summed E-state index contributed by atoms with van der Waals surface area (Å²) in [5, 5.41) is 7.17. The highest BCUT2D eigenvalue weighted by atomic mass is 32.1. The fraction of sp³-hybridized carbons (Fsp3) is 0.105. The second-order valence-electron chi connectivity index (χ2n) is 5.71. The molecule has 4 rings (SSSR count). The molecule has 0 aliphatic rings. The summed E-state index contributed by atoms with van der Waals surface area (Å²) in [7, 11) is 0. The Morgan fingerprint density at radius 1 is 1.23 bits per heavy atom. The first-order valence-corrected chi connectivity index (χ1v) is 9.61. The second-order valence-corrected chi connectivity index (χ2v) is 7.34. The molecule has 0 aliphatic carbocycles. The summed E-state index contributed by atoms with van der Waals surface area (Å²) in [6.45, 7) is 1.91. The van der Waals surface area contributed by atoms with E-state index in [4.69, 9.17) is 9.15 Å². The number of hydrogen-bond donors (Lipinski definition) is 0. The van der Waals surface area contributed by atoms with Crippen molar-refractivity contribution in [2.45, 2.75) is 13.5 Å². The van der Waals surface area contributed by atoms with Crippen molar-refractivity contribution in [3.63, 3.8) is 0 Å².